The first-order valence-corrected chi connectivity index (χ1v) is 13.3. The number of aromatic nitrogens is 1. The van der Waals surface area contributed by atoms with Crippen LogP contribution in [0, 0.1) is 13.8 Å². The van der Waals surface area contributed by atoms with Gasteiger partial charge in [-0.25, -0.2) is 18.4 Å². The standard InChI is InChI=1S/C27H25ClN4O5S/c1-17-8-13-24(18(2)14-17)32-26(34)22-7-5-4-6-21(22)23(27(32)35)15-29-30-25(33)16-31(3)38(36,37)20-11-9-19(28)10-12-20/h4-15,35H,16H2,1-3H3,(H,30,33). The molecule has 0 radical (unpaired) electrons. The van der Waals surface area contributed by atoms with Crippen molar-refractivity contribution in [1.82, 2.24) is 14.3 Å². The van der Waals surface area contributed by atoms with Gasteiger partial charge in [-0.05, 0) is 55.8 Å². The van der Waals surface area contributed by atoms with E-state index in [4.69, 9.17) is 11.6 Å². The zero-order valence-electron chi connectivity index (χ0n) is 20.8. The lowest BCUT2D eigenvalue weighted by atomic mass is 10.1. The molecule has 0 bridgehead atoms. The SMILES string of the molecule is Cc1ccc(-n2c(O)c(C=NNC(=O)CN(C)S(=O)(=O)c3ccc(Cl)cc3)c3ccccc3c2=O)c(C)c1. The number of carbonyl (C=O) groups excluding carboxylic acids is 1. The maximum Gasteiger partial charge on any atom is 0.265 e. The minimum absolute atomic E-state index is 0.00857. The number of hydrazone groups is 1. The highest BCUT2D eigenvalue weighted by atomic mass is 35.5. The summed E-state index contributed by atoms with van der Waals surface area (Å²) < 4.78 is 27.5. The molecule has 0 unspecified atom stereocenters. The number of halogens is 1. The molecule has 1 heterocycles. The van der Waals surface area contributed by atoms with Crippen molar-refractivity contribution in [3.05, 3.63) is 98.8 Å². The van der Waals surface area contributed by atoms with E-state index in [1.165, 1.54) is 42.1 Å². The lowest BCUT2D eigenvalue weighted by molar-refractivity contribution is -0.121. The molecule has 4 rings (SSSR count). The fourth-order valence-corrected chi connectivity index (χ4v) is 5.30. The molecule has 0 aliphatic rings. The smallest absolute Gasteiger partial charge is 0.265 e. The van der Waals surface area contributed by atoms with Gasteiger partial charge in [-0.2, -0.15) is 9.41 Å². The second-order valence-electron chi connectivity index (χ2n) is 8.72. The van der Waals surface area contributed by atoms with Crippen LogP contribution in [-0.4, -0.2) is 48.1 Å². The lowest BCUT2D eigenvalue weighted by Crippen LogP contribution is -2.36. The number of aromatic hydroxyl groups is 1. The number of likely N-dealkylation sites (N-methyl/N-ethyl adjacent to an activating group) is 1. The molecule has 11 heteroatoms. The summed E-state index contributed by atoms with van der Waals surface area (Å²) in [5.74, 6) is -1.05. The Balaban J connectivity index is 1.62. The Labute approximate surface area is 224 Å². The number of nitrogens with zero attached hydrogens (tertiary/aromatic N) is 3. The Morgan fingerprint density at radius 1 is 1.08 bits per heavy atom. The number of hydrogen-bond acceptors (Lipinski definition) is 6. The highest BCUT2D eigenvalue weighted by Gasteiger charge is 2.23. The largest absolute Gasteiger partial charge is 0.494 e. The molecule has 0 fully saturated rings. The van der Waals surface area contributed by atoms with Gasteiger partial charge in [0.2, 0.25) is 15.9 Å². The van der Waals surface area contributed by atoms with Crippen molar-refractivity contribution in [3.8, 4) is 11.6 Å². The van der Waals surface area contributed by atoms with Crippen LogP contribution in [0.4, 0.5) is 0 Å². The van der Waals surface area contributed by atoms with Gasteiger partial charge >= 0.3 is 0 Å². The highest BCUT2D eigenvalue weighted by molar-refractivity contribution is 7.89. The summed E-state index contributed by atoms with van der Waals surface area (Å²) in [7, 11) is -2.66. The van der Waals surface area contributed by atoms with E-state index in [0.717, 1.165) is 15.4 Å². The van der Waals surface area contributed by atoms with Crippen molar-refractivity contribution in [2.45, 2.75) is 18.7 Å². The Morgan fingerprint density at radius 2 is 1.74 bits per heavy atom. The fourth-order valence-electron chi connectivity index (χ4n) is 4.05. The van der Waals surface area contributed by atoms with E-state index in [1.54, 1.807) is 30.3 Å². The monoisotopic (exact) mass is 552 g/mol. The normalized spacial score (nSPS) is 11.9. The van der Waals surface area contributed by atoms with Crippen molar-refractivity contribution in [2.24, 2.45) is 5.10 Å². The molecule has 9 nitrogen and oxygen atoms in total. The molecule has 0 spiro atoms. The maximum atomic E-state index is 13.3. The van der Waals surface area contributed by atoms with E-state index in [1.807, 2.05) is 26.0 Å². The predicted octanol–water partition coefficient (Wildman–Crippen LogP) is 3.74. The summed E-state index contributed by atoms with van der Waals surface area (Å²) in [6.45, 7) is 3.27. The van der Waals surface area contributed by atoms with Crippen LogP contribution in [0.5, 0.6) is 5.88 Å². The molecule has 38 heavy (non-hydrogen) atoms. The molecular formula is C27H25ClN4O5S. The minimum atomic E-state index is -3.93. The molecule has 1 aromatic heterocycles. The molecule has 0 atom stereocenters. The predicted molar refractivity (Wildman–Crippen MR) is 148 cm³/mol. The van der Waals surface area contributed by atoms with Gasteiger partial charge < -0.3 is 5.11 Å². The number of sulfonamides is 1. The summed E-state index contributed by atoms with van der Waals surface area (Å²) in [5.41, 5.74) is 4.40. The average Bonchev–Trinajstić information content (AvgIpc) is 2.87. The molecule has 0 aliphatic heterocycles. The van der Waals surface area contributed by atoms with Crippen molar-refractivity contribution >= 4 is 44.5 Å². The van der Waals surface area contributed by atoms with Gasteiger partial charge in [0, 0.05) is 22.8 Å². The molecule has 0 saturated carbocycles. The zero-order chi connectivity index (χ0) is 27.6. The Hall–Kier alpha value is -3.99. The summed E-state index contributed by atoms with van der Waals surface area (Å²) in [4.78, 5) is 25.8. The Morgan fingerprint density at radius 3 is 2.39 bits per heavy atom. The van der Waals surface area contributed by atoms with Gasteiger partial charge in [-0.3, -0.25) is 9.59 Å². The van der Waals surface area contributed by atoms with Crippen LogP contribution in [0.1, 0.15) is 16.7 Å². The van der Waals surface area contributed by atoms with E-state index in [0.29, 0.717) is 21.5 Å². The van der Waals surface area contributed by atoms with Gasteiger partial charge in [0.05, 0.1) is 28.9 Å². The van der Waals surface area contributed by atoms with Crippen molar-refractivity contribution < 1.29 is 18.3 Å². The summed E-state index contributed by atoms with van der Waals surface area (Å²) >= 11 is 5.82. The highest BCUT2D eigenvalue weighted by Crippen LogP contribution is 2.27. The molecule has 2 N–H and O–H groups in total. The summed E-state index contributed by atoms with van der Waals surface area (Å²) in [6.07, 6.45) is 1.22. The zero-order valence-corrected chi connectivity index (χ0v) is 22.4. The van der Waals surface area contributed by atoms with Gasteiger partial charge in [-0.15, -0.1) is 0 Å². The van der Waals surface area contributed by atoms with Gasteiger partial charge in [0.25, 0.3) is 11.5 Å². The van der Waals surface area contributed by atoms with Crippen LogP contribution in [0.25, 0.3) is 16.5 Å². The fraction of sp³-hybridized carbons (Fsp3) is 0.148. The number of rotatable bonds is 7. The van der Waals surface area contributed by atoms with Crippen LogP contribution < -0.4 is 11.0 Å². The van der Waals surface area contributed by atoms with E-state index in [2.05, 4.69) is 10.5 Å². The third-order valence-electron chi connectivity index (χ3n) is 5.97. The number of aryl methyl sites for hydroxylation is 2. The number of benzene rings is 3. The number of hydrogen-bond donors (Lipinski definition) is 2. The second kappa shape index (κ2) is 10.8. The third kappa shape index (κ3) is 5.33. The first-order chi connectivity index (χ1) is 18.0. The van der Waals surface area contributed by atoms with Crippen LogP contribution in [0.2, 0.25) is 5.02 Å². The van der Waals surface area contributed by atoms with Gasteiger partial charge in [0.15, 0.2) is 0 Å². The Bertz CT molecular complexity index is 1730. The molecule has 196 valence electrons. The number of fused-ring (bicyclic) bond motifs is 1. The van der Waals surface area contributed by atoms with Gasteiger partial charge in [-0.1, -0.05) is 47.5 Å². The quantitative estimate of drug-likeness (QED) is 0.267. The topological polar surface area (TPSA) is 121 Å². The lowest BCUT2D eigenvalue weighted by Gasteiger charge is -2.16. The first kappa shape index (κ1) is 27.1. The third-order valence-corrected chi connectivity index (χ3v) is 8.04. The molecule has 0 saturated heterocycles. The average molecular weight is 553 g/mol. The van der Waals surface area contributed by atoms with Crippen molar-refractivity contribution in [1.29, 1.82) is 0 Å². The van der Waals surface area contributed by atoms with Gasteiger partial charge in [0.1, 0.15) is 0 Å². The number of carbonyl (C=O) groups is 1. The summed E-state index contributed by atoms with van der Waals surface area (Å²) in [5, 5.41) is 16.3. The van der Waals surface area contributed by atoms with Crippen LogP contribution in [0.15, 0.2) is 81.5 Å². The van der Waals surface area contributed by atoms with E-state index < -0.39 is 28.0 Å². The number of nitrogens with one attached hydrogen (secondary N) is 1. The minimum Gasteiger partial charge on any atom is -0.494 e. The van der Waals surface area contributed by atoms with Crippen molar-refractivity contribution in [2.75, 3.05) is 13.6 Å². The molecule has 3 aromatic carbocycles. The molecule has 1 amide bonds. The number of amides is 1. The maximum absolute atomic E-state index is 13.3. The Kier molecular flexibility index (Phi) is 7.68. The van der Waals surface area contributed by atoms with E-state index in [-0.39, 0.29) is 16.3 Å². The van der Waals surface area contributed by atoms with Crippen LogP contribution in [0.3, 0.4) is 0 Å². The second-order valence-corrected chi connectivity index (χ2v) is 11.2. The van der Waals surface area contributed by atoms with Crippen LogP contribution in [-0.2, 0) is 14.8 Å². The molecule has 0 aliphatic carbocycles. The summed E-state index contributed by atoms with van der Waals surface area (Å²) in [6, 6.07) is 17.8. The van der Waals surface area contributed by atoms with E-state index in [9.17, 15) is 23.1 Å². The molecular weight excluding hydrogens is 528 g/mol. The van der Waals surface area contributed by atoms with Crippen molar-refractivity contribution in [3.63, 3.8) is 0 Å². The number of pyridine rings is 1. The first-order valence-electron chi connectivity index (χ1n) is 11.5. The van der Waals surface area contributed by atoms with E-state index >= 15 is 0 Å². The van der Waals surface area contributed by atoms with Crippen LogP contribution >= 0.6 is 11.6 Å². The molecule has 4 aromatic rings.